The van der Waals surface area contributed by atoms with Gasteiger partial charge in [0.1, 0.15) is 0 Å². The molecule has 2 rings (SSSR count). The van der Waals surface area contributed by atoms with Crippen LogP contribution in [0.5, 0.6) is 23.0 Å². The first-order valence-electron chi connectivity index (χ1n) is 5.68. The Kier molecular flexibility index (Phi) is 5.28. The molecular weight excluding hydrogens is 323 g/mol. The van der Waals surface area contributed by atoms with Gasteiger partial charge in [0.25, 0.3) is 0 Å². The van der Waals surface area contributed by atoms with Crippen molar-refractivity contribution in [3.05, 3.63) is 48.5 Å². The second-order valence-electron chi connectivity index (χ2n) is 3.65. The van der Waals surface area contributed by atoms with E-state index in [1.54, 1.807) is 14.2 Å². The number of rotatable bonds is 6. The standard InChI is InChI=1S/2C7H8O2.Zr/c2*1-9-7-4-2-3-6(8)5-7;/h2*2-5,8H,1H3;/q;;+2/p-2. The van der Waals surface area contributed by atoms with E-state index < -0.39 is 24.1 Å². The summed E-state index contributed by atoms with van der Waals surface area (Å²) in [6.07, 6.45) is 0. The summed E-state index contributed by atoms with van der Waals surface area (Å²) in [5.74, 6) is 3.10. The van der Waals surface area contributed by atoms with Crippen LogP contribution < -0.4 is 15.1 Å². The molecule has 0 N–H and O–H groups in total. The topological polar surface area (TPSA) is 36.9 Å². The maximum absolute atomic E-state index is 5.65. The van der Waals surface area contributed by atoms with E-state index >= 15 is 0 Å². The summed E-state index contributed by atoms with van der Waals surface area (Å²) < 4.78 is 21.6. The molecule has 98 valence electrons. The summed E-state index contributed by atoms with van der Waals surface area (Å²) in [4.78, 5) is 0. The Bertz CT molecular complexity index is 483. The minimum atomic E-state index is -1.43. The molecule has 0 aliphatic heterocycles. The van der Waals surface area contributed by atoms with Crippen molar-refractivity contribution in [2.45, 2.75) is 0 Å². The zero-order valence-electron chi connectivity index (χ0n) is 10.8. The molecule has 0 atom stereocenters. The first-order valence-corrected chi connectivity index (χ1v) is 7.69. The van der Waals surface area contributed by atoms with Crippen molar-refractivity contribution in [2.24, 2.45) is 0 Å². The summed E-state index contributed by atoms with van der Waals surface area (Å²) in [5, 5.41) is 0. The van der Waals surface area contributed by atoms with Crippen molar-refractivity contribution in [2.75, 3.05) is 14.2 Å². The van der Waals surface area contributed by atoms with Crippen molar-refractivity contribution in [1.29, 1.82) is 0 Å². The number of ether oxygens (including phenoxy) is 2. The summed E-state index contributed by atoms with van der Waals surface area (Å²) in [6.45, 7) is 0. The molecule has 0 bridgehead atoms. The van der Waals surface area contributed by atoms with Gasteiger partial charge >= 0.3 is 125 Å². The molecule has 2 aromatic carbocycles. The number of hydrogen-bond acceptors (Lipinski definition) is 4. The number of methoxy groups -OCH3 is 2. The molecule has 19 heavy (non-hydrogen) atoms. The van der Waals surface area contributed by atoms with Crippen LogP contribution in [0.2, 0.25) is 0 Å². The first kappa shape index (κ1) is 13.9. The molecule has 4 nitrogen and oxygen atoms in total. The van der Waals surface area contributed by atoms with Gasteiger partial charge in [0, 0.05) is 0 Å². The third-order valence-corrected chi connectivity index (χ3v) is 3.97. The van der Waals surface area contributed by atoms with E-state index in [0.717, 1.165) is 23.0 Å². The van der Waals surface area contributed by atoms with Gasteiger partial charge in [-0.25, -0.2) is 0 Å². The van der Waals surface area contributed by atoms with Crippen molar-refractivity contribution in [3.63, 3.8) is 0 Å². The van der Waals surface area contributed by atoms with Crippen molar-refractivity contribution < 1.29 is 39.2 Å². The Morgan fingerprint density at radius 1 is 0.684 bits per heavy atom. The van der Waals surface area contributed by atoms with Crippen LogP contribution in [-0.2, 0) is 24.1 Å². The zero-order chi connectivity index (χ0) is 13.5. The molecule has 0 aromatic heterocycles. The molecule has 0 aliphatic rings. The van der Waals surface area contributed by atoms with Crippen molar-refractivity contribution >= 4 is 0 Å². The van der Waals surface area contributed by atoms with E-state index in [1.807, 2.05) is 48.5 Å². The van der Waals surface area contributed by atoms with Gasteiger partial charge in [-0.1, -0.05) is 0 Å². The molecule has 0 amide bonds. The Balaban J connectivity index is 1.88. The summed E-state index contributed by atoms with van der Waals surface area (Å²) in [6, 6.07) is 15.0. The SMILES string of the molecule is COc1cccc([O][Zr][O]c2cccc(OC)c2)c1. The third kappa shape index (κ3) is 4.28. The van der Waals surface area contributed by atoms with Crippen LogP contribution in [0.1, 0.15) is 0 Å². The van der Waals surface area contributed by atoms with E-state index in [4.69, 9.17) is 15.1 Å². The van der Waals surface area contributed by atoms with Gasteiger partial charge in [-0.05, 0) is 0 Å². The quantitative estimate of drug-likeness (QED) is 0.812. The molecule has 0 unspecified atom stereocenters. The molecule has 2 aromatic rings. The van der Waals surface area contributed by atoms with Crippen molar-refractivity contribution in [1.82, 2.24) is 0 Å². The normalized spacial score (nSPS) is 9.58. The zero-order valence-corrected chi connectivity index (χ0v) is 13.2. The predicted octanol–water partition coefficient (Wildman–Crippen LogP) is 3.07. The summed E-state index contributed by atoms with van der Waals surface area (Å²) >= 11 is -1.43. The van der Waals surface area contributed by atoms with Gasteiger partial charge in [-0.3, -0.25) is 0 Å². The van der Waals surface area contributed by atoms with Crippen LogP contribution >= 0.6 is 0 Å². The fraction of sp³-hybridized carbons (Fsp3) is 0.143. The van der Waals surface area contributed by atoms with E-state index in [-0.39, 0.29) is 0 Å². The molecule has 0 heterocycles. The minimum absolute atomic E-state index is 0.772. The first-order chi connectivity index (χ1) is 9.31. The Morgan fingerprint density at radius 3 is 1.53 bits per heavy atom. The summed E-state index contributed by atoms with van der Waals surface area (Å²) in [7, 11) is 3.26. The van der Waals surface area contributed by atoms with Crippen LogP contribution in [0.4, 0.5) is 0 Å². The summed E-state index contributed by atoms with van der Waals surface area (Å²) in [5.41, 5.74) is 0. The van der Waals surface area contributed by atoms with Gasteiger partial charge in [0.15, 0.2) is 0 Å². The van der Waals surface area contributed by atoms with Crippen LogP contribution in [0.25, 0.3) is 0 Å². The Hall–Kier alpha value is -1.48. The molecule has 0 aliphatic carbocycles. The Morgan fingerprint density at radius 2 is 1.11 bits per heavy atom. The van der Waals surface area contributed by atoms with Gasteiger partial charge in [-0.15, -0.1) is 0 Å². The van der Waals surface area contributed by atoms with Gasteiger partial charge < -0.3 is 0 Å². The van der Waals surface area contributed by atoms with Crippen molar-refractivity contribution in [3.8, 4) is 23.0 Å². The molecular formula is C14H14O4Zr. The molecule has 5 heteroatoms. The van der Waals surface area contributed by atoms with E-state index in [2.05, 4.69) is 0 Å². The van der Waals surface area contributed by atoms with Gasteiger partial charge in [0.2, 0.25) is 0 Å². The fourth-order valence-corrected chi connectivity index (χ4v) is 2.65. The van der Waals surface area contributed by atoms with E-state index in [0.29, 0.717) is 0 Å². The maximum atomic E-state index is 5.65. The van der Waals surface area contributed by atoms with Gasteiger partial charge in [0.05, 0.1) is 0 Å². The predicted molar refractivity (Wildman–Crippen MR) is 67.2 cm³/mol. The molecule has 0 saturated heterocycles. The van der Waals surface area contributed by atoms with Crippen LogP contribution in [0.3, 0.4) is 0 Å². The Labute approximate surface area is 125 Å². The van der Waals surface area contributed by atoms with Crippen LogP contribution in [0, 0.1) is 0 Å². The average Bonchev–Trinajstić information content (AvgIpc) is 2.48. The second kappa shape index (κ2) is 7.20. The second-order valence-corrected chi connectivity index (χ2v) is 5.06. The van der Waals surface area contributed by atoms with Gasteiger partial charge in [-0.2, -0.15) is 0 Å². The van der Waals surface area contributed by atoms with E-state index in [9.17, 15) is 0 Å². The van der Waals surface area contributed by atoms with Crippen LogP contribution in [0.15, 0.2) is 48.5 Å². The molecule has 0 radical (unpaired) electrons. The molecule has 0 saturated carbocycles. The molecule has 0 spiro atoms. The monoisotopic (exact) mass is 336 g/mol. The van der Waals surface area contributed by atoms with E-state index in [1.165, 1.54) is 0 Å². The number of hydrogen-bond donors (Lipinski definition) is 0. The third-order valence-electron chi connectivity index (χ3n) is 2.40. The number of benzene rings is 2. The van der Waals surface area contributed by atoms with Crippen LogP contribution in [-0.4, -0.2) is 14.2 Å². The fourth-order valence-electron chi connectivity index (χ4n) is 1.45. The molecule has 0 fully saturated rings. The average molecular weight is 337 g/mol.